The molecule has 0 saturated carbocycles. The van der Waals surface area contributed by atoms with Crippen LogP contribution in [0.2, 0.25) is 0 Å². The first-order valence-corrected chi connectivity index (χ1v) is 5.43. The number of hydrogen-bond acceptors (Lipinski definition) is 4. The molecule has 0 N–H and O–H groups in total. The van der Waals surface area contributed by atoms with Gasteiger partial charge in [0.25, 0.3) is 0 Å². The van der Waals surface area contributed by atoms with E-state index in [4.69, 9.17) is 0 Å². The van der Waals surface area contributed by atoms with Crippen LogP contribution in [0.4, 0.5) is 13.2 Å². The smallest absolute Gasteiger partial charge is 0.422 e. The molecule has 0 saturated heterocycles. The topological polar surface area (TPSA) is 52.6 Å². The number of alkyl halides is 3. The molecule has 0 aliphatic rings. The number of halogens is 3. The van der Waals surface area contributed by atoms with Crippen molar-refractivity contribution < 1.29 is 32.2 Å². The van der Waals surface area contributed by atoms with Gasteiger partial charge in [-0.1, -0.05) is 19.8 Å². The highest BCUT2D eigenvalue weighted by Gasteiger charge is 2.29. The minimum atomic E-state index is -4.58. The summed E-state index contributed by atoms with van der Waals surface area (Å²) in [6.45, 7) is 0.523. The van der Waals surface area contributed by atoms with Crippen molar-refractivity contribution >= 4 is 11.9 Å². The summed E-state index contributed by atoms with van der Waals surface area (Å²) in [7, 11) is 0. The quantitative estimate of drug-likeness (QED) is 0.404. The van der Waals surface area contributed by atoms with Gasteiger partial charge in [0.15, 0.2) is 6.61 Å². The highest BCUT2D eigenvalue weighted by molar-refractivity contribution is 5.91. The lowest BCUT2D eigenvalue weighted by Crippen LogP contribution is -2.19. The van der Waals surface area contributed by atoms with E-state index in [0.717, 1.165) is 18.9 Å². The summed E-state index contributed by atoms with van der Waals surface area (Å²) in [6.07, 6.45) is -0.654. The first-order chi connectivity index (χ1) is 8.35. The van der Waals surface area contributed by atoms with Crippen molar-refractivity contribution in [2.75, 3.05) is 13.2 Å². The van der Waals surface area contributed by atoms with Crippen LogP contribution in [-0.2, 0) is 19.1 Å². The molecule has 0 aromatic carbocycles. The van der Waals surface area contributed by atoms with Crippen LogP contribution >= 0.6 is 0 Å². The van der Waals surface area contributed by atoms with Crippen LogP contribution in [0.5, 0.6) is 0 Å². The van der Waals surface area contributed by atoms with E-state index >= 15 is 0 Å². The summed E-state index contributed by atoms with van der Waals surface area (Å²) in [5.74, 6) is -2.02. The maximum absolute atomic E-state index is 11.7. The van der Waals surface area contributed by atoms with E-state index in [1.807, 2.05) is 6.92 Å². The highest BCUT2D eigenvalue weighted by atomic mass is 19.4. The Morgan fingerprint density at radius 3 is 2.11 bits per heavy atom. The van der Waals surface area contributed by atoms with E-state index in [2.05, 4.69) is 9.47 Å². The van der Waals surface area contributed by atoms with Gasteiger partial charge in [-0.3, -0.25) is 0 Å². The summed E-state index contributed by atoms with van der Waals surface area (Å²) in [4.78, 5) is 21.7. The monoisotopic (exact) mass is 268 g/mol. The summed E-state index contributed by atoms with van der Waals surface area (Å²) >= 11 is 0. The molecule has 7 heteroatoms. The number of esters is 2. The third-order valence-corrected chi connectivity index (χ3v) is 1.73. The molecule has 0 aromatic rings. The van der Waals surface area contributed by atoms with E-state index in [1.165, 1.54) is 0 Å². The molecule has 18 heavy (non-hydrogen) atoms. The molecule has 0 rings (SSSR count). The van der Waals surface area contributed by atoms with Crippen LogP contribution in [-0.4, -0.2) is 31.3 Å². The Bertz CT molecular complexity index is 297. The van der Waals surface area contributed by atoms with Gasteiger partial charge in [0, 0.05) is 12.2 Å². The average Bonchev–Trinajstić information content (AvgIpc) is 2.28. The van der Waals surface area contributed by atoms with Gasteiger partial charge in [-0.15, -0.1) is 0 Å². The molecule has 0 unspecified atom stereocenters. The Kier molecular flexibility index (Phi) is 7.82. The van der Waals surface area contributed by atoms with E-state index in [-0.39, 0.29) is 6.61 Å². The van der Waals surface area contributed by atoms with Crippen LogP contribution in [0.15, 0.2) is 12.2 Å². The molecule has 0 radical (unpaired) electrons. The molecule has 0 amide bonds. The second-order valence-electron chi connectivity index (χ2n) is 3.43. The molecule has 0 spiro atoms. The maximum atomic E-state index is 11.7. The Balaban J connectivity index is 3.78. The molecular weight excluding hydrogens is 253 g/mol. The fourth-order valence-electron chi connectivity index (χ4n) is 0.910. The van der Waals surface area contributed by atoms with E-state index in [0.29, 0.717) is 12.5 Å². The zero-order valence-corrected chi connectivity index (χ0v) is 9.96. The lowest BCUT2D eigenvalue weighted by atomic mass is 10.3. The summed E-state index contributed by atoms with van der Waals surface area (Å²) in [6, 6.07) is 0. The van der Waals surface area contributed by atoms with Gasteiger partial charge in [0.05, 0.1) is 6.61 Å². The fourth-order valence-corrected chi connectivity index (χ4v) is 0.910. The standard InChI is InChI=1S/C11H15F3O4/c1-2-3-4-7-17-9(15)5-6-10(16)18-8-11(12,13)14/h5-6H,2-4,7-8H2,1H3/b6-5+. The zero-order valence-electron chi connectivity index (χ0n) is 9.96. The minimum Gasteiger partial charge on any atom is -0.463 e. The van der Waals surface area contributed by atoms with Crippen LogP contribution in [0.1, 0.15) is 26.2 Å². The number of carbonyl (C=O) groups is 2. The Morgan fingerprint density at radius 2 is 1.61 bits per heavy atom. The van der Waals surface area contributed by atoms with Gasteiger partial charge < -0.3 is 9.47 Å². The molecule has 0 bridgehead atoms. The predicted molar refractivity (Wildman–Crippen MR) is 56.6 cm³/mol. The van der Waals surface area contributed by atoms with Crippen molar-refractivity contribution in [3.63, 3.8) is 0 Å². The largest absolute Gasteiger partial charge is 0.463 e. The first-order valence-electron chi connectivity index (χ1n) is 5.43. The SMILES string of the molecule is CCCCCOC(=O)/C=C/C(=O)OCC(F)(F)F. The molecular formula is C11H15F3O4. The second-order valence-corrected chi connectivity index (χ2v) is 3.43. The van der Waals surface area contributed by atoms with Crippen LogP contribution < -0.4 is 0 Å². The molecule has 0 heterocycles. The molecule has 0 aliphatic heterocycles. The lowest BCUT2D eigenvalue weighted by Gasteiger charge is -2.05. The Morgan fingerprint density at radius 1 is 1.06 bits per heavy atom. The summed E-state index contributed by atoms with van der Waals surface area (Å²) in [5.41, 5.74) is 0. The summed E-state index contributed by atoms with van der Waals surface area (Å²) < 4.78 is 43.5. The number of unbranched alkanes of at least 4 members (excludes halogenated alkanes) is 2. The van der Waals surface area contributed by atoms with E-state index < -0.39 is 24.7 Å². The van der Waals surface area contributed by atoms with Crippen molar-refractivity contribution in [3.05, 3.63) is 12.2 Å². The third kappa shape index (κ3) is 11.0. The van der Waals surface area contributed by atoms with Gasteiger partial charge in [0.2, 0.25) is 0 Å². The van der Waals surface area contributed by atoms with Crippen LogP contribution in [0, 0.1) is 0 Å². The highest BCUT2D eigenvalue weighted by Crippen LogP contribution is 2.14. The lowest BCUT2D eigenvalue weighted by molar-refractivity contribution is -0.182. The maximum Gasteiger partial charge on any atom is 0.422 e. The minimum absolute atomic E-state index is 0.217. The normalized spacial score (nSPS) is 11.6. The van der Waals surface area contributed by atoms with Gasteiger partial charge in [-0.25, -0.2) is 9.59 Å². The van der Waals surface area contributed by atoms with Gasteiger partial charge in [-0.05, 0) is 6.42 Å². The number of rotatable bonds is 7. The molecule has 4 nitrogen and oxygen atoms in total. The number of ether oxygens (including phenoxy) is 2. The average molecular weight is 268 g/mol. The fraction of sp³-hybridized carbons (Fsp3) is 0.636. The number of carbonyl (C=O) groups excluding carboxylic acids is 2. The predicted octanol–water partition coefficient (Wildman–Crippen LogP) is 2.38. The summed E-state index contributed by atoms with van der Waals surface area (Å²) in [5, 5.41) is 0. The van der Waals surface area contributed by atoms with Gasteiger partial charge >= 0.3 is 18.1 Å². The number of hydrogen-bond donors (Lipinski definition) is 0. The molecule has 104 valence electrons. The van der Waals surface area contributed by atoms with Crippen LogP contribution in [0.3, 0.4) is 0 Å². The van der Waals surface area contributed by atoms with Gasteiger partial charge in [-0.2, -0.15) is 13.2 Å². The molecule has 0 aliphatic carbocycles. The molecule has 0 aromatic heterocycles. The molecule has 0 fully saturated rings. The molecule has 0 atom stereocenters. The third-order valence-electron chi connectivity index (χ3n) is 1.73. The van der Waals surface area contributed by atoms with Crippen molar-refractivity contribution in [1.29, 1.82) is 0 Å². The Labute approximate surface area is 103 Å². The van der Waals surface area contributed by atoms with Crippen molar-refractivity contribution in [2.45, 2.75) is 32.4 Å². The zero-order chi connectivity index (χ0) is 14.0. The van der Waals surface area contributed by atoms with Crippen LogP contribution in [0.25, 0.3) is 0 Å². The van der Waals surface area contributed by atoms with E-state index in [1.54, 1.807) is 0 Å². The van der Waals surface area contributed by atoms with Gasteiger partial charge in [0.1, 0.15) is 0 Å². The Hall–Kier alpha value is -1.53. The van der Waals surface area contributed by atoms with E-state index in [9.17, 15) is 22.8 Å². The van der Waals surface area contributed by atoms with Crippen molar-refractivity contribution in [1.82, 2.24) is 0 Å². The first kappa shape index (κ1) is 16.5. The van der Waals surface area contributed by atoms with Crippen molar-refractivity contribution in [3.8, 4) is 0 Å². The van der Waals surface area contributed by atoms with Crippen molar-refractivity contribution in [2.24, 2.45) is 0 Å². The second kappa shape index (κ2) is 8.54.